The van der Waals surface area contributed by atoms with Crippen molar-refractivity contribution in [2.75, 3.05) is 0 Å². The van der Waals surface area contributed by atoms with Crippen LogP contribution < -0.4 is 5.56 Å². The van der Waals surface area contributed by atoms with E-state index in [-0.39, 0.29) is 17.3 Å². The van der Waals surface area contributed by atoms with Crippen LogP contribution in [0.2, 0.25) is 5.02 Å². The van der Waals surface area contributed by atoms with Crippen molar-refractivity contribution in [2.45, 2.75) is 30.3 Å². The number of hydrogen-bond donors (Lipinski definition) is 0. The Morgan fingerprint density at radius 2 is 1.97 bits per heavy atom. The molecule has 0 N–H and O–H groups in total. The molecular weight excluding hydrogens is 467 g/mol. The highest BCUT2D eigenvalue weighted by Gasteiger charge is 2.20. The molecular formula is C23H18ClFN4OS2. The van der Waals surface area contributed by atoms with Crippen molar-refractivity contribution in [1.29, 1.82) is 0 Å². The van der Waals surface area contributed by atoms with Gasteiger partial charge in [0, 0.05) is 17.3 Å². The van der Waals surface area contributed by atoms with E-state index < -0.39 is 0 Å². The predicted octanol–water partition coefficient (Wildman–Crippen LogP) is 5.99. The summed E-state index contributed by atoms with van der Waals surface area (Å²) in [6.45, 7) is 2.59. The van der Waals surface area contributed by atoms with Crippen molar-refractivity contribution < 1.29 is 4.39 Å². The number of rotatable bonds is 6. The highest BCUT2D eigenvalue weighted by molar-refractivity contribution is 7.98. The van der Waals surface area contributed by atoms with E-state index in [1.165, 1.54) is 35.2 Å². The molecule has 162 valence electrons. The molecule has 0 bridgehead atoms. The summed E-state index contributed by atoms with van der Waals surface area (Å²) in [4.78, 5) is 13.3. The molecule has 0 amide bonds. The number of thioether (sulfide) groups is 1. The summed E-state index contributed by atoms with van der Waals surface area (Å²) in [6, 6.07) is 16.4. The molecule has 2 aromatic carbocycles. The molecule has 32 heavy (non-hydrogen) atoms. The third kappa shape index (κ3) is 3.83. The Kier molecular flexibility index (Phi) is 5.75. The molecule has 0 fully saturated rings. The summed E-state index contributed by atoms with van der Waals surface area (Å²) >= 11 is 9.05. The van der Waals surface area contributed by atoms with Gasteiger partial charge in [0.05, 0.1) is 5.52 Å². The van der Waals surface area contributed by atoms with Gasteiger partial charge in [-0.05, 0) is 40.6 Å². The molecule has 3 heterocycles. The van der Waals surface area contributed by atoms with E-state index in [0.717, 1.165) is 16.6 Å². The summed E-state index contributed by atoms with van der Waals surface area (Å²) < 4.78 is 17.7. The molecule has 0 aliphatic heterocycles. The van der Waals surface area contributed by atoms with Crippen molar-refractivity contribution in [3.8, 4) is 0 Å². The summed E-state index contributed by atoms with van der Waals surface area (Å²) in [5, 5.41) is 11.7. The van der Waals surface area contributed by atoms with E-state index >= 15 is 0 Å². The fraction of sp³-hybridized carbons (Fsp3) is 0.174. The van der Waals surface area contributed by atoms with Gasteiger partial charge in [-0.2, -0.15) is 0 Å². The van der Waals surface area contributed by atoms with Crippen LogP contribution in [-0.2, 0) is 12.3 Å². The lowest BCUT2D eigenvalue weighted by Crippen LogP contribution is -2.24. The number of aromatic nitrogens is 4. The second-order valence-electron chi connectivity index (χ2n) is 7.50. The first kappa shape index (κ1) is 21.2. The molecule has 0 spiro atoms. The molecule has 5 rings (SSSR count). The number of thiophene rings is 1. The van der Waals surface area contributed by atoms with Crippen LogP contribution in [0.1, 0.15) is 24.0 Å². The highest BCUT2D eigenvalue weighted by Crippen LogP contribution is 2.29. The first-order valence-corrected chi connectivity index (χ1v) is 12.2. The van der Waals surface area contributed by atoms with Crippen molar-refractivity contribution in [3.05, 3.63) is 92.3 Å². The summed E-state index contributed by atoms with van der Waals surface area (Å²) in [5.41, 5.74) is 2.69. The van der Waals surface area contributed by atoms with E-state index in [9.17, 15) is 9.18 Å². The van der Waals surface area contributed by atoms with Gasteiger partial charge < -0.3 is 0 Å². The average molecular weight is 485 g/mol. The average Bonchev–Trinajstić information content (AvgIpc) is 3.44. The van der Waals surface area contributed by atoms with Gasteiger partial charge in [0.25, 0.3) is 5.56 Å². The van der Waals surface area contributed by atoms with Crippen LogP contribution in [0.5, 0.6) is 0 Å². The molecule has 0 saturated heterocycles. The molecule has 1 atom stereocenters. The SMILES string of the molecule is C[C@@H](Cn1c(=O)c2sccc2n2c(SCc3ccc(F)cc3Cl)nnc12)c1ccccc1. The van der Waals surface area contributed by atoms with Gasteiger partial charge in [-0.25, -0.2) is 4.39 Å². The number of halogens is 2. The fourth-order valence-electron chi connectivity index (χ4n) is 3.70. The minimum atomic E-state index is -0.367. The maximum absolute atomic E-state index is 13.4. The minimum Gasteiger partial charge on any atom is -0.275 e. The van der Waals surface area contributed by atoms with Crippen molar-refractivity contribution in [2.24, 2.45) is 0 Å². The lowest BCUT2D eigenvalue weighted by atomic mass is 10.0. The normalized spacial score (nSPS) is 12.6. The van der Waals surface area contributed by atoms with Crippen LogP contribution in [0.15, 0.2) is 69.9 Å². The molecule has 3 aromatic heterocycles. The molecule has 5 aromatic rings. The topological polar surface area (TPSA) is 52.2 Å². The van der Waals surface area contributed by atoms with E-state index in [0.29, 0.717) is 33.0 Å². The van der Waals surface area contributed by atoms with Crippen LogP contribution in [0.25, 0.3) is 16.0 Å². The Morgan fingerprint density at radius 1 is 1.16 bits per heavy atom. The largest absolute Gasteiger partial charge is 0.275 e. The van der Waals surface area contributed by atoms with Crippen LogP contribution in [0.3, 0.4) is 0 Å². The molecule has 0 radical (unpaired) electrons. The second-order valence-corrected chi connectivity index (χ2v) is 9.77. The third-order valence-electron chi connectivity index (χ3n) is 5.38. The molecule has 0 unspecified atom stereocenters. The lowest BCUT2D eigenvalue weighted by molar-refractivity contribution is 0.588. The Hall–Kier alpha value is -2.68. The van der Waals surface area contributed by atoms with Gasteiger partial charge in [0.15, 0.2) is 5.16 Å². The van der Waals surface area contributed by atoms with Gasteiger partial charge in [0.1, 0.15) is 10.5 Å². The second kappa shape index (κ2) is 8.69. The van der Waals surface area contributed by atoms with Crippen LogP contribution in [0, 0.1) is 5.82 Å². The van der Waals surface area contributed by atoms with Crippen LogP contribution in [-0.4, -0.2) is 19.2 Å². The van der Waals surface area contributed by atoms with Crippen LogP contribution >= 0.6 is 34.7 Å². The number of nitrogens with zero attached hydrogens (tertiary/aromatic N) is 4. The lowest BCUT2D eigenvalue weighted by Gasteiger charge is -2.15. The summed E-state index contributed by atoms with van der Waals surface area (Å²) in [7, 11) is 0. The number of fused-ring (bicyclic) bond motifs is 3. The number of hydrogen-bond acceptors (Lipinski definition) is 5. The molecule has 5 nitrogen and oxygen atoms in total. The Bertz CT molecular complexity index is 1480. The zero-order chi connectivity index (χ0) is 22.2. The minimum absolute atomic E-state index is 0.0594. The Labute approximate surface area is 196 Å². The standard InChI is InChI=1S/C23H18ClFN4OS2/c1-14(15-5-3-2-4-6-15)12-28-21(30)20-19(9-10-31-20)29-22(28)26-27-23(29)32-13-16-7-8-17(25)11-18(16)24/h2-11,14H,12-13H2,1H3/t14-/m0/s1. The first-order chi connectivity index (χ1) is 15.5. The van der Waals surface area contributed by atoms with E-state index in [2.05, 4.69) is 29.3 Å². The summed E-state index contributed by atoms with van der Waals surface area (Å²) in [5.74, 6) is 0.774. The Balaban J connectivity index is 1.56. The van der Waals surface area contributed by atoms with Crippen molar-refractivity contribution in [3.63, 3.8) is 0 Å². The van der Waals surface area contributed by atoms with Crippen molar-refractivity contribution in [1.82, 2.24) is 19.2 Å². The van der Waals surface area contributed by atoms with Crippen molar-refractivity contribution >= 4 is 50.7 Å². The highest BCUT2D eigenvalue weighted by atomic mass is 35.5. The van der Waals surface area contributed by atoms with Gasteiger partial charge >= 0.3 is 0 Å². The van der Waals surface area contributed by atoms with Crippen LogP contribution in [0.4, 0.5) is 4.39 Å². The maximum atomic E-state index is 13.4. The first-order valence-electron chi connectivity index (χ1n) is 9.99. The fourth-order valence-corrected chi connectivity index (χ4v) is 5.78. The van der Waals surface area contributed by atoms with Gasteiger partial charge in [-0.15, -0.1) is 21.5 Å². The summed E-state index contributed by atoms with van der Waals surface area (Å²) in [6.07, 6.45) is 0. The van der Waals surface area contributed by atoms with Gasteiger partial charge in [0.2, 0.25) is 5.78 Å². The molecule has 0 saturated carbocycles. The molecule has 0 aliphatic rings. The monoisotopic (exact) mass is 484 g/mol. The maximum Gasteiger partial charge on any atom is 0.272 e. The van der Waals surface area contributed by atoms with Gasteiger partial charge in [-0.1, -0.05) is 66.7 Å². The smallest absolute Gasteiger partial charge is 0.272 e. The Morgan fingerprint density at radius 3 is 2.75 bits per heavy atom. The van der Waals surface area contributed by atoms with Gasteiger partial charge in [-0.3, -0.25) is 13.8 Å². The predicted molar refractivity (Wildman–Crippen MR) is 128 cm³/mol. The molecule has 9 heteroatoms. The zero-order valence-electron chi connectivity index (χ0n) is 17.0. The number of benzene rings is 2. The quantitative estimate of drug-likeness (QED) is 0.277. The van der Waals surface area contributed by atoms with E-state index in [1.807, 2.05) is 34.0 Å². The van der Waals surface area contributed by atoms with E-state index in [1.54, 1.807) is 10.6 Å². The van der Waals surface area contributed by atoms with E-state index in [4.69, 9.17) is 11.6 Å². The molecule has 0 aliphatic carbocycles. The zero-order valence-corrected chi connectivity index (χ0v) is 19.4. The third-order valence-corrected chi connectivity index (χ3v) is 7.60.